The van der Waals surface area contributed by atoms with Crippen LogP contribution in [0.25, 0.3) is 0 Å². The molecule has 0 amide bonds. The van der Waals surface area contributed by atoms with Gasteiger partial charge in [-0.3, -0.25) is 0 Å². The number of rotatable bonds is 3. The molecular formula is C13H11Br2ClS. The molecule has 0 N–H and O–H groups in total. The Morgan fingerprint density at radius 3 is 2.47 bits per heavy atom. The van der Waals surface area contributed by atoms with Gasteiger partial charge >= 0.3 is 0 Å². The largest absolute Gasteiger partial charge is 0.127 e. The summed E-state index contributed by atoms with van der Waals surface area (Å²) in [5, 5.41) is 0. The lowest BCUT2D eigenvalue weighted by atomic mass is 10.1. The highest BCUT2D eigenvalue weighted by molar-refractivity contribution is 9.10. The normalized spacial score (nSPS) is 12.7. The van der Waals surface area contributed by atoms with Crippen LogP contribution in [-0.4, -0.2) is 0 Å². The molecule has 1 aromatic carbocycles. The maximum Gasteiger partial charge on any atom is 0.0960 e. The lowest BCUT2D eigenvalue weighted by Crippen LogP contribution is -1.92. The van der Waals surface area contributed by atoms with E-state index in [1.807, 2.05) is 6.92 Å². The molecular weight excluding hydrogens is 383 g/mol. The Kier molecular flexibility index (Phi) is 4.70. The van der Waals surface area contributed by atoms with E-state index in [0.717, 1.165) is 20.8 Å². The van der Waals surface area contributed by atoms with Gasteiger partial charge in [-0.05, 0) is 42.7 Å². The molecule has 0 nitrogen and oxygen atoms in total. The molecule has 17 heavy (non-hydrogen) atoms. The highest BCUT2D eigenvalue weighted by Crippen LogP contribution is 2.36. The summed E-state index contributed by atoms with van der Waals surface area (Å²) in [5.74, 6) is 0. The van der Waals surface area contributed by atoms with Crippen molar-refractivity contribution in [2.24, 2.45) is 0 Å². The molecule has 0 radical (unpaired) electrons. The first-order valence-electron chi connectivity index (χ1n) is 5.20. The lowest BCUT2D eigenvalue weighted by Gasteiger charge is -2.07. The van der Waals surface area contributed by atoms with Crippen LogP contribution >= 0.6 is 54.8 Å². The molecule has 2 rings (SSSR count). The van der Waals surface area contributed by atoms with Gasteiger partial charge in [0.15, 0.2) is 0 Å². The van der Waals surface area contributed by atoms with Crippen molar-refractivity contribution in [3.8, 4) is 0 Å². The average Bonchev–Trinajstić information content (AvgIpc) is 2.63. The molecule has 0 saturated heterocycles. The van der Waals surface area contributed by atoms with Crippen LogP contribution in [-0.2, 0) is 6.42 Å². The van der Waals surface area contributed by atoms with Crippen LogP contribution in [0, 0.1) is 6.92 Å². The van der Waals surface area contributed by atoms with Crippen LogP contribution in [0.4, 0.5) is 0 Å². The van der Waals surface area contributed by atoms with Gasteiger partial charge in [0.1, 0.15) is 0 Å². The maximum atomic E-state index is 6.09. The van der Waals surface area contributed by atoms with Crippen molar-refractivity contribution in [3.05, 3.63) is 55.1 Å². The van der Waals surface area contributed by atoms with E-state index in [-0.39, 0.29) is 0 Å². The van der Waals surface area contributed by atoms with Crippen LogP contribution in [0.15, 0.2) is 34.8 Å². The van der Waals surface area contributed by atoms with Gasteiger partial charge < -0.3 is 0 Å². The zero-order valence-electron chi connectivity index (χ0n) is 9.21. The van der Waals surface area contributed by atoms with Crippen LogP contribution in [0.1, 0.15) is 20.8 Å². The number of thiophene rings is 1. The molecule has 1 aromatic heterocycles. The Morgan fingerprint density at radius 2 is 1.94 bits per heavy atom. The van der Waals surface area contributed by atoms with Gasteiger partial charge in [-0.1, -0.05) is 55.6 Å². The van der Waals surface area contributed by atoms with E-state index >= 15 is 0 Å². The minimum atomic E-state index is 0.333. The molecule has 0 aliphatic heterocycles. The first-order chi connectivity index (χ1) is 8.06. The molecule has 0 saturated carbocycles. The third kappa shape index (κ3) is 3.57. The third-order valence-electron chi connectivity index (χ3n) is 2.51. The van der Waals surface area contributed by atoms with Gasteiger partial charge in [0.05, 0.1) is 9.16 Å². The van der Waals surface area contributed by atoms with E-state index in [1.165, 1.54) is 10.4 Å². The minimum absolute atomic E-state index is 0.333. The average molecular weight is 395 g/mol. The summed E-state index contributed by atoms with van der Waals surface area (Å²) in [5.41, 5.74) is 2.48. The second kappa shape index (κ2) is 5.87. The molecule has 0 spiro atoms. The minimum Gasteiger partial charge on any atom is -0.127 e. The molecule has 90 valence electrons. The quantitative estimate of drug-likeness (QED) is 0.548. The van der Waals surface area contributed by atoms with E-state index in [2.05, 4.69) is 62.2 Å². The Hall–Kier alpha value is 0.170. The number of alkyl halides is 1. The van der Waals surface area contributed by atoms with Gasteiger partial charge in [-0.15, -0.1) is 11.3 Å². The Balaban J connectivity index is 2.11. The van der Waals surface area contributed by atoms with Gasteiger partial charge in [0, 0.05) is 9.35 Å². The summed E-state index contributed by atoms with van der Waals surface area (Å²) in [6, 6.07) is 10.6. The first-order valence-corrected chi connectivity index (χ1v) is 8.11. The summed E-state index contributed by atoms with van der Waals surface area (Å²) < 4.78 is 2.00. The van der Waals surface area contributed by atoms with Crippen LogP contribution < -0.4 is 0 Å². The fraction of sp³-hybridized carbons (Fsp3) is 0.231. The fourth-order valence-corrected chi connectivity index (χ4v) is 3.81. The van der Waals surface area contributed by atoms with Crippen molar-refractivity contribution in [1.82, 2.24) is 0 Å². The van der Waals surface area contributed by atoms with Crippen LogP contribution in [0.2, 0.25) is 4.34 Å². The van der Waals surface area contributed by atoms with Crippen molar-refractivity contribution in [2.75, 3.05) is 0 Å². The molecule has 0 bridgehead atoms. The second-order valence-electron chi connectivity index (χ2n) is 3.90. The van der Waals surface area contributed by atoms with Gasteiger partial charge in [0.2, 0.25) is 0 Å². The fourth-order valence-electron chi connectivity index (χ4n) is 1.57. The van der Waals surface area contributed by atoms with E-state index in [1.54, 1.807) is 11.3 Å². The maximum absolute atomic E-state index is 6.09. The van der Waals surface area contributed by atoms with Crippen molar-refractivity contribution in [2.45, 2.75) is 18.2 Å². The molecule has 0 fully saturated rings. The predicted molar refractivity (Wildman–Crippen MR) is 83.6 cm³/mol. The topological polar surface area (TPSA) is 0 Å². The van der Waals surface area contributed by atoms with E-state index in [0.29, 0.717) is 4.83 Å². The van der Waals surface area contributed by atoms with E-state index in [4.69, 9.17) is 11.6 Å². The van der Waals surface area contributed by atoms with E-state index < -0.39 is 0 Å². The van der Waals surface area contributed by atoms with Gasteiger partial charge in [-0.25, -0.2) is 0 Å². The SMILES string of the molecule is Cc1cc(C(Br)Cc2ccc(Br)cc2)sc1Cl. The molecule has 2 aromatic rings. The van der Waals surface area contributed by atoms with Gasteiger partial charge in [-0.2, -0.15) is 0 Å². The Bertz CT molecular complexity index is 485. The highest BCUT2D eigenvalue weighted by Gasteiger charge is 2.13. The molecule has 0 aliphatic carbocycles. The predicted octanol–water partition coefficient (Wildman–Crippen LogP) is 6.15. The second-order valence-corrected chi connectivity index (χ2v) is 7.61. The van der Waals surface area contributed by atoms with Crippen molar-refractivity contribution in [1.29, 1.82) is 0 Å². The Labute approximate surface area is 127 Å². The van der Waals surface area contributed by atoms with Crippen molar-refractivity contribution >= 4 is 54.8 Å². The van der Waals surface area contributed by atoms with Crippen LogP contribution in [0.5, 0.6) is 0 Å². The summed E-state index contributed by atoms with van der Waals surface area (Å²) in [7, 11) is 0. The van der Waals surface area contributed by atoms with Crippen molar-refractivity contribution < 1.29 is 0 Å². The highest BCUT2D eigenvalue weighted by atomic mass is 79.9. The first kappa shape index (κ1) is 13.6. The summed E-state index contributed by atoms with van der Waals surface area (Å²) >= 11 is 14.9. The molecule has 4 heteroatoms. The summed E-state index contributed by atoms with van der Waals surface area (Å²) in [6.45, 7) is 2.04. The zero-order valence-corrected chi connectivity index (χ0v) is 14.0. The summed E-state index contributed by atoms with van der Waals surface area (Å²) in [6.07, 6.45) is 0.976. The smallest absolute Gasteiger partial charge is 0.0960 e. The number of hydrogen-bond acceptors (Lipinski definition) is 1. The zero-order chi connectivity index (χ0) is 12.4. The van der Waals surface area contributed by atoms with Crippen LogP contribution in [0.3, 0.4) is 0 Å². The summed E-state index contributed by atoms with van der Waals surface area (Å²) in [4.78, 5) is 1.62. The molecule has 1 atom stereocenters. The number of hydrogen-bond donors (Lipinski definition) is 0. The number of benzene rings is 1. The third-order valence-corrected chi connectivity index (χ3v) is 5.83. The standard InChI is InChI=1S/C13H11Br2ClS/c1-8-6-12(17-13(8)16)11(15)7-9-2-4-10(14)5-3-9/h2-6,11H,7H2,1H3. The monoisotopic (exact) mass is 392 g/mol. The van der Waals surface area contributed by atoms with Gasteiger partial charge in [0.25, 0.3) is 0 Å². The van der Waals surface area contributed by atoms with E-state index in [9.17, 15) is 0 Å². The van der Waals surface area contributed by atoms with Crippen molar-refractivity contribution in [3.63, 3.8) is 0 Å². The molecule has 1 heterocycles. The molecule has 0 aliphatic rings. The Morgan fingerprint density at radius 1 is 1.29 bits per heavy atom. The lowest BCUT2D eigenvalue weighted by molar-refractivity contribution is 0.968. The number of halogens is 3. The number of aryl methyl sites for hydroxylation is 1. The molecule has 1 unspecified atom stereocenters.